The van der Waals surface area contributed by atoms with E-state index in [4.69, 9.17) is 18.9 Å². The normalized spacial score (nSPS) is 28.9. The summed E-state index contributed by atoms with van der Waals surface area (Å²) < 4.78 is 24.1. The summed E-state index contributed by atoms with van der Waals surface area (Å²) >= 11 is 0. The fourth-order valence-corrected chi connectivity index (χ4v) is 7.49. The SMILES string of the molecule is C/C=C\C=C\[C@@H]1O[C@](O)([C@H](CC)C(=O)NC/C=C/C=C(\C)[C@@H](OC)[C@@H](C)[C@@H]2O[C@H](/C=C/C=C/C=C(\C)C(=O)c3c(OC(C)=O)ccn(C)c3=O)[C@H](O)[C@@H]2O)[C@H](O)[C@H](O)C1(C)C. The monoisotopic (exact) mass is 852 g/mol. The zero-order valence-corrected chi connectivity index (χ0v) is 36.7. The van der Waals surface area contributed by atoms with Crippen molar-refractivity contribution in [3.63, 3.8) is 0 Å². The first-order valence-electron chi connectivity index (χ1n) is 20.3. The van der Waals surface area contributed by atoms with Gasteiger partial charge in [-0.05, 0) is 44.4 Å². The number of allylic oxidation sites excluding steroid dienone is 10. The maximum Gasteiger partial charge on any atom is 0.308 e. The van der Waals surface area contributed by atoms with Gasteiger partial charge in [-0.2, -0.15) is 0 Å². The molecule has 1 amide bonds. The standard InChI is InChI=1S/C46H64N2O13/c1-11-13-15-23-34-45(7,8)41(53)42(54)46(57,61-34)31(12-2)43(55)47-25-19-18-21-28(4)39(58-10)29(5)40-38(52)37(51)33(60-40)22-17-14-16-20-27(3)36(50)35-32(59-30(6)49)24-26-48(9)44(35)56/h11,13-24,26,29,31,33-34,37-42,51-54,57H,12,25H2,1-10H3,(H,47,55)/b13-11-,16-14+,19-18+,22-17+,23-15+,27-20+,28-21+/t29-,31-,33-,34+,37+,38+,39-,40+,41+,42-,46-/m1/s1. The number of ketones is 1. The van der Waals surface area contributed by atoms with Gasteiger partial charge in [0, 0.05) is 45.2 Å². The van der Waals surface area contributed by atoms with Crippen molar-refractivity contribution in [1.82, 2.24) is 9.88 Å². The minimum absolute atomic E-state index is 0.0753. The van der Waals surface area contributed by atoms with Gasteiger partial charge in [0.25, 0.3) is 5.56 Å². The van der Waals surface area contributed by atoms with E-state index in [0.29, 0.717) is 0 Å². The van der Waals surface area contributed by atoms with Crippen LogP contribution in [0.25, 0.3) is 0 Å². The highest BCUT2D eigenvalue weighted by molar-refractivity contribution is 6.10. The van der Waals surface area contributed by atoms with Crippen molar-refractivity contribution in [3.8, 4) is 5.75 Å². The number of hydrogen-bond acceptors (Lipinski definition) is 13. The maximum atomic E-state index is 13.3. The van der Waals surface area contributed by atoms with Crippen molar-refractivity contribution in [2.75, 3.05) is 13.7 Å². The molecule has 3 rings (SSSR count). The minimum atomic E-state index is -2.35. The number of hydrogen-bond donors (Lipinski definition) is 6. The van der Waals surface area contributed by atoms with E-state index in [1.54, 1.807) is 81.5 Å². The topological polar surface area (TPSA) is 223 Å². The maximum absolute atomic E-state index is 13.3. The molecule has 2 aliphatic rings. The van der Waals surface area contributed by atoms with Crippen LogP contribution in [0, 0.1) is 17.3 Å². The van der Waals surface area contributed by atoms with Crippen LogP contribution in [-0.2, 0) is 30.8 Å². The van der Waals surface area contributed by atoms with Gasteiger partial charge in [0.05, 0.1) is 30.3 Å². The van der Waals surface area contributed by atoms with E-state index in [9.17, 15) is 44.7 Å². The third-order valence-corrected chi connectivity index (χ3v) is 11.2. The average molecular weight is 853 g/mol. The molecule has 0 aliphatic carbocycles. The van der Waals surface area contributed by atoms with Gasteiger partial charge in [-0.1, -0.05) is 101 Å². The summed E-state index contributed by atoms with van der Waals surface area (Å²) in [6, 6.07) is 1.37. The van der Waals surface area contributed by atoms with Crippen LogP contribution < -0.4 is 15.6 Å². The summed E-state index contributed by atoms with van der Waals surface area (Å²) in [6.45, 7) is 13.4. The van der Waals surface area contributed by atoms with E-state index in [1.807, 2.05) is 26.8 Å². The van der Waals surface area contributed by atoms with Gasteiger partial charge >= 0.3 is 5.97 Å². The second kappa shape index (κ2) is 22.5. The number of aliphatic hydroxyl groups is 5. The number of aryl methyl sites for hydroxylation is 1. The highest BCUT2D eigenvalue weighted by Gasteiger charge is 2.60. The lowest BCUT2D eigenvalue weighted by atomic mass is 9.71. The molecule has 11 atom stereocenters. The molecule has 3 heterocycles. The summed E-state index contributed by atoms with van der Waals surface area (Å²) in [5.74, 6) is -5.94. The van der Waals surface area contributed by atoms with Crippen molar-refractivity contribution in [1.29, 1.82) is 0 Å². The predicted octanol–water partition coefficient (Wildman–Crippen LogP) is 3.30. The summed E-state index contributed by atoms with van der Waals surface area (Å²) in [6.07, 6.45) is 12.9. The molecule has 336 valence electrons. The molecule has 0 radical (unpaired) electrons. The van der Waals surface area contributed by atoms with Gasteiger partial charge < -0.3 is 54.4 Å². The largest absolute Gasteiger partial charge is 0.426 e. The van der Waals surface area contributed by atoms with Crippen LogP contribution in [0.1, 0.15) is 72.2 Å². The fraction of sp³-hybridized carbons (Fsp3) is 0.522. The molecule has 61 heavy (non-hydrogen) atoms. The summed E-state index contributed by atoms with van der Waals surface area (Å²) in [5.41, 5.74) is -0.860. The Morgan fingerprint density at radius 2 is 1.64 bits per heavy atom. The van der Waals surface area contributed by atoms with Crippen LogP contribution in [0.5, 0.6) is 5.75 Å². The van der Waals surface area contributed by atoms with Gasteiger partial charge in [0.2, 0.25) is 11.7 Å². The van der Waals surface area contributed by atoms with E-state index in [1.165, 1.54) is 50.9 Å². The number of nitrogens with zero attached hydrogens (tertiary/aromatic N) is 1. The molecule has 15 nitrogen and oxygen atoms in total. The quantitative estimate of drug-likeness (QED) is 0.0541. The number of aromatic nitrogens is 1. The molecule has 1 aromatic rings. The molecule has 2 fully saturated rings. The number of nitrogens with one attached hydrogen (secondary N) is 1. The third kappa shape index (κ3) is 12.1. The Morgan fingerprint density at radius 3 is 2.26 bits per heavy atom. The molecule has 0 saturated carbocycles. The molecule has 15 heteroatoms. The van der Waals surface area contributed by atoms with E-state index in [-0.39, 0.29) is 29.9 Å². The molecular formula is C46H64N2O13. The minimum Gasteiger partial charge on any atom is -0.426 e. The van der Waals surface area contributed by atoms with Crippen LogP contribution in [0.3, 0.4) is 0 Å². The summed E-state index contributed by atoms with van der Waals surface area (Å²) in [7, 11) is 3.00. The molecular weight excluding hydrogens is 789 g/mol. The van der Waals surface area contributed by atoms with Gasteiger partial charge in [-0.15, -0.1) is 0 Å². The number of ether oxygens (including phenoxy) is 4. The van der Waals surface area contributed by atoms with Crippen molar-refractivity contribution in [2.45, 2.75) is 116 Å². The summed E-state index contributed by atoms with van der Waals surface area (Å²) in [4.78, 5) is 50.7. The van der Waals surface area contributed by atoms with Gasteiger partial charge in [0.1, 0.15) is 35.7 Å². The van der Waals surface area contributed by atoms with Crippen LogP contribution >= 0.6 is 0 Å². The lowest BCUT2D eigenvalue weighted by molar-refractivity contribution is -0.359. The number of methoxy groups -OCH3 is 1. The number of esters is 1. The van der Waals surface area contributed by atoms with Gasteiger partial charge in [0.15, 0.2) is 5.78 Å². The van der Waals surface area contributed by atoms with Crippen molar-refractivity contribution in [2.24, 2.45) is 24.3 Å². The zero-order chi connectivity index (χ0) is 45.8. The van der Waals surface area contributed by atoms with E-state index < -0.39 is 95.1 Å². The fourth-order valence-electron chi connectivity index (χ4n) is 7.49. The number of Topliss-reactive ketones (excluding diaryl/α,β-unsaturated/α-hetero) is 1. The number of rotatable bonds is 18. The van der Waals surface area contributed by atoms with E-state index in [0.717, 1.165) is 5.57 Å². The Bertz CT molecular complexity index is 1970. The highest BCUT2D eigenvalue weighted by atomic mass is 16.7. The van der Waals surface area contributed by atoms with Crippen molar-refractivity contribution in [3.05, 3.63) is 112 Å². The van der Waals surface area contributed by atoms with Gasteiger partial charge in [-0.3, -0.25) is 19.2 Å². The zero-order valence-electron chi connectivity index (χ0n) is 36.7. The molecule has 1 aromatic heterocycles. The van der Waals surface area contributed by atoms with E-state index >= 15 is 0 Å². The lowest BCUT2D eigenvalue weighted by Gasteiger charge is -2.53. The molecule has 0 aromatic carbocycles. The molecule has 0 bridgehead atoms. The third-order valence-electron chi connectivity index (χ3n) is 11.2. The van der Waals surface area contributed by atoms with Crippen LogP contribution in [0.15, 0.2) is 101 Å². The van der Waals surface area contributed by atoms with E-state index in [2.05, 4.69) is 5.32 Å². The molecule has 0 spiro atoms. The van der Waals surface area contributed by atoms with Gasteiger partial charge in [-0.25, -0.2) is 0 Å². The second-order valence-corrected chi connectivity index (χ2v) is 16.0. The van der Waals surface area contributed by atoms with Crippen molar-refractivity contribution < 1.29 is 58.9 Å². The van der Waals surface area contributed by atoms with Crippen molar-refractivity contribution >= 4 is 17.7 Å². The van der Waals surface area contributed by atoms with Crippen LogP contribution in [0.4, 0.5) is 0 Å². The molecule has 2 saturated heterocycles. The first-order valence-corrected chi connectivity index (χ1v) is 20.3. The Labute approximate surface area is 358 Å². The number of aliphatic hydroxyl groups excluding tert-OH is 4. The first-order chi connectivity index (χ1) is 28.7. The molecule has 2 aliphatic heterocycles. The number of carbonyl (C=O) groups is 3. The highest BCUT2D eigenvalue weighted by Crippen LogP contribution is 2.44. The Hall–Kier alpha value is -4.58. The first kappa shape index (κ1) is 50.8. The molecule has 6 N–H and O–H groups in total. The Morgan fingerprint density at radius 1 is 0.967 bits per heavy atom. The lowest BCUT2D eigenvalue weighted by Crippen LogP contribution is -2.69. The van der Waals surface area contributed by atoms with Crippen LogP contribution in [-0.4, -0.2) is 116 Å². The van der Waals surface area contributed by atoms with Crippen LogP contribution in [0.2, 0.25) is 0 Å². The number of pyridine rings is 1. The Kier molecular flexibility index (Phi) is 18.7. The predicted molar refractivity (Wildman–Crippen MR) is 229 cm³/mol. The smallest absolute Gasteiger partial charge is 0.308 e. The average Bonchev–Trinajstić information content (AvgIpc) is 3.49. The Balaban J connectivity index is 1.62. The molecule has 0 unspecified atom stereocenters. The summed E-state index contributed by atoms with van der Waals surface area (Å²) in [5, 5.41) is 58.1. The number of carbonyl (C=O) groups excluding carboxylic acids is 3. The number of amides is 1. The second-order valence-electron chi connectivity index (χ2n) is 16.0.